The van der Waals surface area contributed by atoms with E-state index in [0.717, 1.165) is 26.9 Å². The van der Waals surface area contributed by atoms with E-state index in [1.807, 2.05) is 37.3 Å². The van der Waals surface area contributed by atoms with Gasteiger partial charge in [-0.25, -0.2) is 0 Å². The van der Waals surface area contributed by atoms with E-state index in [1.54, 1.807) is 6.07 Å². The fraction of sp³-hybridized carbons (Fsp3) is 0.188. The number of halogens is 1. The fourth-order valence-electron chi connectivity index (χ4n) is 2.04. The first kappa shape index (κ1) is 14.6. The van der Waals surface area contributed by atoms with E-state index in [2.05, 4.69) is 22.0 Å². The molecule has 0 spiro atoms. The van der Waals surface area contributed by atoms with Crippen LogP contribution in [0.2, 0.25) is 0 Å². The van der Waals surface area contributed by atoms with Crippen molar-refractivity contribution in [3.8, 4) is 11.8 Å². The summed E-state index contributed by atoms with van der Waals surface area (Å²) in [6, 6.07) is 13.5. The van der Waals surface area contributed by atoms with Crippen molar-refractivity contribution in [3.05, 3.63) is 63.1 Å². The summed E-state index contributed by atoms with van der Waals surface area (Å²) in [5.74, 6) is 0.818. The van der Waals surface area contributed by atoms with Gasteiger partial charge < -0.3 is 10.5 Å². The summed E-state index contributed by atoms with van der Waals surface area (Å²) in [4.78, 5) is 0. The van der Waals surface area contributed by atoms with Gasteiger partial charge in [-0.3, -0.25) is 0 Å². The monoisotopic (exact) mass is 330 g/mol. The lowest BCUT2D eigenvalue weighted by atomic mass is 10.1. The minimum Gasteiger partial charge on any atom is -0.488 e. The molecule has 0 saturated heterocycles. The molecule has 0 amide bonds. The van der Waals surface area contributed by atoms with Crippen LogP contribution in [0.5, 0.6) is 5.75 Å². The van der Waals surface area contributed by atoms with Crippen LogP contribution >= 0.6 is 15.9 Å². The maximum atomic E-state index is 8.89. The second-order valence-electron chi connectivity index (χ2n) is 4.52. The Morgan fingerprint density at radius 3 is 2.80 bits per heavy atom. The van der Waals surface area contributed by atoms with Crippen molar-refractivity contribution < 1.29 is 4.74 Å². The highest BCUT2D eigenvalue weighted by Crippen LogP contribution is 2.28. The van der Waals surface area contributed by atoms with E-state index in [-0.39, 0.29) is 0 Å². The molecule has 20 heavy (non-hydrogen) atoms. The number of hydrogen-bond donors (Lipinski definition) is 1. The zero-order valence-electron chi connectivity index (χ0n) is 11.2. The maximum Gasteiger partial charge on any atom is 0.127 e. The molecule has 2 rings (SSSR count). The molecule has 2 aromatic rings. The Morgan fingerprint density at radius 1 is 1.30 bits per heavy atom. The number of nitriles is 1. The van der Waals surface area contributed by atoms with Crippen LogP contribution < -0.4 is 10.5 Å². The van der Waals surface area contributed by atoms with Gasteiger partial charge in [0.2, 0.25) is 0 Å². The molecule has 0 unspecified atom stereocenters. The van der Waals surface area contributed by atoms with Crippen LogP contribution in [0.25, 0.3) is 0 Å². The van der Waals surface area contributed by atoms with E-state index >= 15 is 0 Å². The molecule has 0 heterocycles. The van der Waals surface area contributed by atoms with Crippen LogP contribution in [-0.4, -0.2) is 0 Å². The van der Waals surface area contributed by atoms with Gasteiger partial charge in [-0.15, -0.1) is 0 Å². The molecule has 2 aromatic carbocycles. The fourth-order valence-corrected chi connectivity index (χ4v) is 2.66. The van der Waals surface area contributed by atoms with Gasteiger partial charge in [0, 0.05) is 16.6 Å². The molecule has 0 fully saturated rings. The van der Waals surface area contributed by atoms with E-state index < -0.39 is 0 Å². The Bertz CT molecular complexity index is 662. The quantitative estimate of drug-likeness (QED) is 0.930. The zero-order chi connectivity index (χ0) is 14.5. The standard InChI is InChI=1S/C16H15BrN2O/c1-11-5-15(17)7-14(9-19)16(11)20-10-13-4-2-3-12(6-13)8-18/h2-7H,9-10,19H2,1H3. The highest BCUT2D eigenvalue weighted by molar-refractivity contribution is 9.10. The smallest absolute Gasteiger partial charge is 0.127 e. The third-order valence-electron chi connectivity index (χ3n) is 2.98. The molecule has 0 aliphatic heterocycles. The highest BCUT2D eigenvalue weighted by atomic mass is 79.9. The van der Waals surface area contributed by atoms with E-state index in [0.29, 0.717) is 18.7 Å². The molecular weight excluding hydrogens is 316 g/mol. The predicted molar refractivity (Wildman–Crippen MR) is 82.3 cm³/mol. The molecule has 0 aromatic heterocycles. The van der Waals surface area contributed by atoms with E-state index in [9.17, 15) is 0 Å². The predicted octanol–water partition coefficient (Wildman–Crippen LogP) is 3.67. The number of benzene rings is 2. The molecule has 0 aliphatic carbocycles. The summed E-state index contributed by atoms with van der Waals surface area (Å²) in [6.45, 7) is 2.84. The number of ether oxygens (including phenoxy) is 1. The third kappa shape index (κ3) is 3.38. The van der Waals surface area contributed by atoms with Gasteiger partial charge in [0.15, 0.2) is 0 Å². The first-order valence-corrected chi connectivity index (χ1v) is 7.04. The average Bonchev–Trinajstić information content (AvgIpc) is 2.45. The van der Waals surface area contributed by atoms with Crippen molar-refractivity contribution in [2.45, 2.75) is 20.1 Å². The number of nitrogens with zero attached hydrogens (tertiary/aromatic N) is 1. The van der Waals surface area contributed by atoms with Crippen LogP contribution in [0.3, 0.4) is 0 Å². The van der Waals surface area contributed by atoms with E-state index in [4.69, 9.17) is 15.7 Å². The number of nitrogens with two attached hydrogens (primary N) is 1. The maximum absolute atomic E-state index is 8.89. The van der Waals surface area contributed by atoms with Gasteiger partial charge in [0.1, 0.15) is 12.4 Å². The van der Waals surface area contributed by atoms with Gasteiger partial charge >= 0.3 is 0 Å². The van der Waals surface area contributed by atoms with Crippen LogP contribution in [0.15, 0.2) is 40.9 Å². The Labute approximate surface area is 127 Å². The SMILES string of the molecule is Cc1cc(Br)cc(CN)c1OCc1cccc(C#N)c1. The molecule has 4 heteroatoms. The number of rotatable bonds is 4. The lowest BCUT2D eigenvalue weighted by Gasteiger charge is -2.14. The average molecular weight is 331 g/mol. The van der Waals surface area contributed by atoms with Crippen molar-refractivity contribution >= 4 is 15.9 Å². The van der Waals surface area contributed by atoms with E-state index in [1.165, 1.54) is 0 Å². The van der Waals surface area contributed by atoms with Crippen LogP contribution in [-0.2, 0) is 13.2 Å². The third-order valence-corrected chi connectivity index (χ3v) is 3.43. The Morgan fingerprint density at radius 2 is 2.10 bits per heavy atom. The van der Waals surface area contributed by atoms with Crippen LogP contribution in [0.1, 0.15) is 22.3 Å². The van der Waals surface area contributed by atoms with Gasteiger partial charge in [0.25, 0.3) is 0 Å². The van der Waals surface area contributed by atoms with Gasteiger partial charge in [-0.1, -0.05) is 28.1 Å². The molecule has 0 saturated carbocycles. The lowest BCUT2D eigenvalue weighted by molar-refractivity contribution is 0.301. The van der Waals surface area contributed by atoms with Crippen molar-refractivity contribution in [3.63, 3.8) is 0 Å². The highest BCUT2D eigenvalue weighted by Gasteiger charge is 2.08. The largest absolute Gasteiger partial charge is 0.488 e. The van der Waals surface area contributed by atoms with Crippen molar-refractivity contribution in [1.82, 2.24) is 0 Å². The minimum absolute atomic E-state index is 0.422. The second kappa shape index (κ2) is 6.56. The molecule has 0 radical (unpaired) electrons. The summed E-state index contributed by atoms with van der Waals surface area (Å²) in [6.07, 6.45) is 0. The Hall–Kier alpha value is -1.83. The summed E-state index contributed by atoms with van der Waals surface area (Å²) < 4.78 is 6.88. The molecule has 3 nitrogen and oxygen atoms in total. The Balaban J connectivity index is 2.20. The number of hydrogen-bond acceptors (Lipinski definition) is 3. The van der Waals surface area contributed by atoms with Crippen LogP contribution in [0, 0.1) is 18.3 Å². The van der Waals surface area contributed by atoms with Crippen molar-refractivity contribution in [1.29, 1.82) is 5.26 Å². The molecule has 0 aliphatic rings. The first-order chi connectivity index (χ1) is 9.63. The summed E-state index contributed by atoms with van der Waals surface area (Å²) in [7, 11) is 0. The van der Waals surface area contributed by atoms with Crippen molar-refractivity contribution in [2.75, 3.05) is 0 Å². The van der Waals surface area contributed by atoms with Crippen LogP contribution in [0.4, 0.5) is 0 Å². The lowest BCUT2D eigenvalue weighted by Crippen LogP contribution is -2.04. The topological polar surface area (TPSA) is 59.0 Å². The molecule has 102 valence electrons. The van der Waals surface area contributed by atoms with Gasteiger partial charge in [0.05, 0.1) is 11.6 Å². The second-order valence-corrected chi connectivity index (χ2v) is 5.43. The summed E-state index contributed by atoms with van der Waals surface area (Å²) in [5, 5.41) is 8.89. The minimum atomic E-state index is 0.422. The summed E-state index contributed by atoms with van der Waals surface area (Å²) >= 11 is 3.46. The van der Waals surface area contributed by atoms with Gasteiger partial charge in [-0.05, 0) is 42.3 Å². The normalized spacial score (nSPS) is 10.1. The van der Waals surface area contributed by atoms with Crippen molar-refractivity contribution in [2.24, 2.45) is 5.73 Å². The molecular formula is C16H15BrN2O. The molecule has 0 bridgehead atoms. The zero-order valence-corrected chi connectivity index (χ0v) is 12.8. The summed E-state index contributed by atoms with van der Waals surface area (Å²) in [5.41, 5.74) is 9.37. The molecule has 0 atom stereocenters. The molecule has 2 N–H and O–H groups in total. The number of aryl methyl sites for hydroxylation is 1. The Kier molecular flexibility index (Phi) is 4.78. The first-order valence-electron chi connectivity index (χ1n) is 6.25. The van der Waals surface area contributed by atoms with Gasteiger partial charge in [-0.2, -0.15) is 5.26 Å².